The monoisotopic (exact) mass is 483 g/mol. The number of oxazole rings is 1. The van der Waals surface area contributed by atoms with Crippen molar-refractivity contribution in [3.63, 3.8) is 0 Å². The Kier molecular flexibility index (Phi) is 6.69. The standard InChI is InChI=1S/C25H33N5O3S/c1-15-11-20(15)17(3)28-22-12-19(13-23(29-22)30(4)34(5,31)32)25-27-14-21(33-25)16(2)24(26)18-9-7-6-8-10-18/h6-10,12-17,20,24H,11,26H2,1-5H3,(H,28,29)/t15-,16-,17?,20-,24?/m0/s1. The van der Waals surface area contributed by atoms with Crippen molar-refractivity contribution in [3.8, 4) is 11.5 Å². The second-order valence-electron chi connectivity index (χ2n) is 9.43. The first-order valence-electron chi connectivity index (χ1n) is 11.5. The van der Waals surface area contributed by atoms with E-state index in [-0.39, 0.29) is 18.0 Å². The quantitative estimate of drug-likeness (QED) is 0.464. The highest BCUT2D eigenvalue weighted by Crippen LogP contribution is 2.41. The zero-order valence-electron chi connectivity index (χ0n) is 20.3. The second kappa shape index (κ2) is 9.38. The van der Waals surface area contributed by atoms with E-state index in [4.69, 9.17) is 10.2 Å². The molecule has 0 bridgehead atoms. The summed E-state index contributed by atoms with van der Waals surface area (Å²) in [5.74, 6) is 3.09. The number of hydrogen-bond donors (Lipinski definition) is 2. The summed E-state index contributed by atoms with van der Waals surface area (Å²) in [6.07, 6.45) is 4.01. The molecule has 1 aromatic carbocycles. The summed E-state index contributed by atoms with van der Waals surface area (Å²) in [4.78, 5) is 9.04. The molecule has 8 nitrogen and oxygen atoms in total. The van der Waals surface area contributed by atoms with Gasteiger partial charge in [0, 0.05) is 30.6 Å². The zero-order valence-corrected chi connectivity index (χ0v) is 21.1. The topological polar surface area (TPSA) is 114 Å². The third-order valence-electron chi connectivity index (χ3n) is 6.76. The summed E-state index contributed by atoms with van der Waals surface area (Å²) < 4.78 is 31.7. The van der Waals surface area contributed by atoms with Crippen LogP contribution in [0.15, 0.2) is 53.1 Å². The van der Waals surface area contributed by atoms with E-state index in [2.05, 4.69) is 29.1 Å². The molecule has 1 aliphatic rings. The minimum absolute atomic E-state index is 0.0994. The molecule has 0 aliphatic heterocycles. The van der Waals surface area contributed by atoms with Crippen molar-refractivity contribution in [1.29, 1.82) is 0 Å². The molecule has 0 spiro atoms. The summed E-state index contributed by atoms with van der Waals surface area (Å²) in [5.41, 5.74) is 8.13. The molecule has 5 atom stereocenters. The van der Waals surface area contributed by atoms with Gasteiger partial charge in [-0.2, -0.15) is 0 Å². The zero-order chi connectivity index (χ0) is 24.6. The molecule has 2 aromatic heterocycles. The van der Waals surface area contributed by atoms with Crippen LogP contribution < -0.4 is 15.4 Å². The fraction of sp³-hybridized carbons (Fsp3) is 0.440. The number of nitrogens with zero attached hydrogens (tertiary/aromatic N) is 3. The van der Waals surface area contributed by atoms with Crippen LogP contribution in [0.5, 0.6) is 0 Å². The Morgan fingerprint density at radius 2 is 1.88 bits per heavy atom. The first kappa shape index (κ1) is 24.2. The molecular formula is C25H33N5O3S. The van der Waals surface area contributed by atoms with Crippen LogP contribution in [0, 0.1) is 11.8 Å². The number of anilines is 2. The van der Waals surface area contributed by atoms with Crippen molar-refractivity contribution in [2.75, 3.05) is 22.9 Å². The van der Waals surface area contributed by atoms with Gasteiger partial charge in [0.2, 0.25) is 15.9 Å². The highest BCUT2D eigenvalue weighted by molar-refractivity contribution is 7.92. The summed E-state index contributed by atoms with van der Waals surface area (Å²) in [5, 5.41) is 3.44. The smallest absolute Gasteiger partial charge is 0.233 e. The molecule has 3 aromatic rings. The van der Waals surface area contributed by atoms with Gasteiger partial charge in [-0.25, -0.2) is 18.4 Å². The summed E-state index contributed by atoms with van der Waals surface area (Å²) in [7, 11) is -2.00. The van der Waals surface area contributed by atoms with Crippen LogP contribution in [0.25, 0.3) is 11.5 Å². The lowest BCUT2D eigenvalue weighted by Crippen LogP contribution is -2.26. The molecule has 9 heteroatoms. The van der Waals surface area contributed by atoms with Gasteiger partial charge in [0.15, 0.2) is 0 Å². The predicted octanol–water partition coefficient (Wildman–Crippen LogP) is 4.39. The molecular weight excluding hydrogens is 450 g/mol. The van der Waals surface area contributed by atoms with Crippen molar-refractivity contribution < 1.29 is 12.8 Å². The molecule has 0 radical (unpaired) electrons. The van der Waals surface area contributed by atoms with Crippen LogP contribution in [-0.2, 0) is 10.0 Å². The molecule has 34 heavy (non-hydrogen) atoms. The number of aromatic nitrogens is 2. The second-order valence-corrected chi connectivity index (χ2v) is 11.4. The van der Waals surface area contributed by atoms with E-state index in [0.717, 1.165) is 16.1 Å². The maximum Gasteiger partial charge on any atom is 0.233 e. The Morgan fingerprint density at radius 1 is 1.21 bits per heavy atom. The van der Waals surface area contributed by atoms with E-state index >= 15 is 0 Å². The van der Waals surface area contributed by atoms with Gasteiger partial charge >= 0.3 is 0 Å². The van der Waals surface area contributed by atoms with Crippen molar-refractivity contribution in [2.24, 2.45) is 17.6 Å². The summed E-state index contributed by atoms with van der Waals surface area (Å²) in [6, 6.07) is 13.4. The Bertz CT molecular complexity index is 1240. The minimum atomic E-state index is -3.49. The van der Waals surface area contributed by atoms with Crippen LogP contribution in [0.2, 0.25) is 0 Å². The van der Waals surface area contributed by atoms with Gasteiger partial charge in [-0.3, -0.25) is 4.31 Å². The number of rotatable bonds is 9. The number of nitrogens with two attached hydrogens (primary N) is 1. The SMILES string of the molecule is CC(Nc1cc(-c2ncc([C@H](C)C(N)c3ccccc3)o2)cc(N(C)S(C)(=O)=O)n1)[C@H]1C[C@@H]1C. The van der Waals surface area contributed by atoms with E-state index in [9.17, 15) is 8.42 Å². The van der Waals surface area contributed by atoms with Crippen molar-refractivity contribution in [2.45, 2.75) is 45.2 Å². The van der Waals surface area contributed by atoms with Crippen molar-refractivity contribution in [1.82, 2.24) is 9.97 Å². The Morgan fingerprint density at radius 3 is 2.50 bits per heavy atom. The third-order valence-corrected chi connectivity index (χ3v) is 7.95. The number of benzene rings is 1. The number of pyridine rings is 1. The lowest BCUT2D eigenvalue weighted by Gasteiger charge is -2.20. The number of hydrogen-bond acceptors (Lipinski definition) is 7. The maximum absolute atomic E-state index is 12.2. The first-order valence-corrected chi connectivity index (χ1v) is 13.4. The average Bonchev–Trinajstić information content (AvgIpc) is 3.34. The van der Waals surface area contributed by atoms with Gasteiger partial charge in [-0.05, 0) is 42.9 Å². The van der Waals surface area contributed by atoms with E-state index in [1.165, 1.54) is 13.5 Å². The van der Waals surface area contributed by atoms with Gasteiger partial charge in [-0.1, -0.05) is 44.2 Å². The molecule has 1 fully saturated rings. The van der Waals surface area contributed by atoms with Crippen LogP contribution in [0.3, 0.4) is 0 Å². The average molecular weight is 484 g/mol. The van der Waals surface area contributed by atoms with Crippen LogP contribution >= 0.6 is 0 Å². The molecule has 1 aliphatic carbocycles. The lowest BCUT2D eigenvalue weighted by molar-refractivity contribution is 0.446. The molecule has 1 saturated carbocycles. The van der Waals surface area contributed by atoms with E-state index in [1.807, 2.05) is 43.3 Å². The molecule has 0 amide bonds. The fourth-order valence-electron chi connectivity index (χ4n) is 4.20. The summed E-state index contributed by atoms with van der Waals surface area (Å²) in [6.45, 7) is 6.35. The van der Waals surface area contributed by atoms with Crippen LogP contribution in [0.4, 0.5) is 11.6 Å². The maximum atomic E-state index is 12.2. The summed E-state index contributed by atoms with van der Waals surface area (Å²) >= 11 is 0. The third kappa shape index (κ3) is 5.26. The predicted molar refractivity (Wildman–Crippen MR) is 135 cm³/mol. The lowest BCUT2D eigenvalue weighted by atomic mass is 9.94. The fourth-order valence-corrected chi connectivity index (χ4v) is 4.64. The molecule has 2 unspecified atom stereocenters. The van der Waals surface area contributed by atoms with Gasteiger partial charge in [0.1, 0.15) is 17.4 Å². The van der Waals surface area contributed by atoms with Crippen LogP contribution in [-0.4, -0.2) is 37.7 Å². The highest BCUT2D eigenvalue weighted by Gasteiger charge is 2.37. The van der Waals surface area contributed by atoms with Crippen molar-refractivity contribution in [3.05, 3.63) is 60.0 Å². The Balaban J connectivity index is 1.65. The van der Waals surface area contributed by atoms with Gasteiger partial charge < -0.3 is 15.5 Å². The van der Waals surface area contributed by atoms with E-state index in [0.29, 0.717) is 40.7 Å². The van der Waals surface area contributed by atoms with Crippen molar-refractivity contribution >= 4 is 21.7 Å². The minimum Gasteiger partial charge on any atom is -0.441 e. The van der Waals surface area contributed by atoms with Gasteiger partial charge in [0.25, 0.3) is 0 Å². The Labute approximate surface area is 201 Å². The molecule has 4 rings (SSSR count). The number of nitrogens with one attached hydrogen (secondary N) is 1. The molecule has 2 heterocycles. The van der Waals surface area contributed by atoms with E-state index < -0.39 is 10.0 Å². The molecule has 0 saturated heterocycles. The largest absolute Gasteiger partial charge is 0.441 e. The normalized spacial score (nSPS) is 20.4. The first-order chi connectivity index (χ1) is 16.0. The Hall–Kier alpha value is -2.91. The van der Waals surface area contributed by atoms with E-state index in [1.54, 1.807) is 12.3 Å². The molecule has 3 N–H and O–H groups in total. The van der Waals surface area contributed by atoms with Gasteiger partial charge in [-0.15, -0.1) is 0 Å². The highest BCUT2D eigenvalue weighted by atomic mass is 32.2. The van der Waals surface area contributed by atoms with Crippen LogP contribution in [0.1, 0.15) is 50.5 Å². The molecule has 182 valence electrons. The number of sulfonamides is 1. The van der Waals surface area contributed by atoms with Gasteiger partial charge in [0.05, 0.1) is 12.5 Å².